The van der Waals surface area contributed by atoms with Gasteiger partial charge in [0.25, 0.3) is 0 Å². The molecule has 1 rings (SSSR count). The predicted octanol–water partition coefficient (Wildman–Crippen LogP) is 1.61. The summed E-state index contributed by atoms with van der Waals surface area (Å²) in [6, 6.07) is 0. The number of carbonyl (C=O) groups is 3. The van der Waals surface area contributed by atoms with Crippen molar-refractivity contribution in [3.8, 4) is 0 Å². The van der Waals surface area contributed by atoms with Crippen LogP contribution in [-0.2, 0) is 14.4 Å². The van der Waals surface area contributed by atoms with Crippen LogP contribution in [0, 0.1) is 11.8 Å². The topological polar surface area (TPSA) is 112 Å². The molecular formula is C12H18O6. The van der Waals surface area contributed by atoms with Crippen LogP contribution < -0.4 is 0 Å². The zero-order valence-corrected chi connectivity index (χ0v) is 10.3. The van der Waals surface area contributed by atoms with Crippen LogP contribution in [0.25, 0.3) is 0 Å². The smallest absolute Gasteiger partial charge is 0.330 e. The first kappa shape index (κ1) is 16.1. The number of carboxylic acids is 3. The molecule has 3 N–H and O–H groups in total. The van der Waals surface area contributed by atoms with Crippen LogP contribution in [-0.4, -0.2) is 33.2 Å². The first-order valence-corrected chi connectivity index (χ1v) is 5.61. The Morgan fingerprint density at radius 2 is 1.22 bits per heavy atom. The quantitative estimate of drug-likeness (QED) is 0.663. The fourth-order valence-corrected chi connectivity index (χ4v) is 1.72. The van der Waals surface area contributed by atoms with Crippen LogP contribution in [0.2, 0.25) is 0 Å². The molecule has 0 spiro atoms. The van der Waals surface area contributed by atoms with Gasteiger partial charge in [-0.25, -0.2) is 4.79 Å². The molecule has 0 radical (unpaired) electrons. The van der Waals surface area contributed by atoms with E-state index in [1.165, 1.54) is 6.92 Å². The monoisotopic (exact) mass is 258 g/mol. The molecule has 0 amide bonds. The lowest BCUT2D eigenvalue weighted by atomic mass is 9.79. The third-order valence-electron chi connectivity index (χ3n) is 2.77. The number of hydrogen-bond donors (Lipinski definition) is 3. The van der Waals surface area contributed by atoms with E-state index < -0.39 is 29.7 Å². The summed E-state index contributed by atoms with van der Waals surface area (Å²) in [4.78, 5) is 30.8. The highest BCUT2D eigenvalue weighted by atomic mass is 16.4. The fourth-order valence-electron chi connectivity index (χ4n) is 1.72. The zero-order valence-electron chi connectivity index (χ0n) is 10.3. The van der Waals surface area contributed by atoms with Crippen LogP contribution in [0.15, 0.2) is 12.2 Å². The molecule has 0 aromatic rings. The van der Waals surface area contributed by atoms with Gasteiger partial charge in [-0.2, -0.15) is 0 Å². The van der Waals surface area contributed by atoms with E-state index in [2.05, 4.69) is 6.58 Å². The summed E-state index contributed by atoms with van der Waals surface area (Å²) in [6.07, 6.45) is 2.68. The van der Waals surface area contributed by atoms with E-state index in [0.29, 0.717) is 12.8 Å². The number of carboxylic acid groups (broad SMARTS) is 3. The second-order valence-electron chi connectivity index (χ2n) is 4.26. The molecule has 18 heavy (non-hydrogen) atoms. The summed E-state index contributed by atoms with van der Waals surface area (Å²) in [5.41, 5.74) is 0.176. The molecule has 1 aliphatic carbocycles. The second-order valence-corrected chi connectivity index (χ2v) is 4.26. The lowest BCUT2D eigenvalue weighted by molar-refractivity contribution is -0.155. The molecule has 2 atom stereocenters. The van der Waals surface area contributed by atoms with Crippen LogP contribution in [0.5, 0.6) is 0 Å². The van der Waals surface area contributed by atoms with Crippen molar-refractivity contribution in [2.45, 2.75) is 32.6 Å². The van der Waals surface area contributed by atoms with Crippen molar-refractivity contribution in [1.82, 2.24) is 0 Å². The normalized spacial score (nSPS) is 22.3. The van der Waals surface area contributed by atoms with E-state index in [-0.39, 0.29) is 5.57 Å². The molecule has 0 heterocycles. The largest absolute Gasteiger partial charge is 0.481 e. The Balaban J connectivity index is 0.000000411. The minimum atomic E-state index is -0.970. The second kappa shape index (κ2) is 7.47. The Labute approximate surface area is 105 Å². The maximum atomic E-state index is 10.6. The van der Waals surface area contributed by atoms with Crippen LogP contribution in [0.1, 0.15) is 32.6 Å². The van der Waals surface area contributed by atoms with Gasteiger partial charge in [0, 0.05) is 5.57 Å². The van der Waals surface area contributed by atoms with Crippen molar-refractivity contribution < 1.29 is 29.7 Å². The van der Waals surface area contributed by atoms with Crippen molar-refractivity contribution >= 4 is 17.9 Å². The number of aliphatic carboxylic acids is 3. The summed E-state index contributed by atoms with van der Waals surface area (Å²) in [7, 11) is 0. The van der Waals surface area contributed by atoms with Crippen LogP contribution in [0.4, 0.5) is 0 Å². The molecule has 6 nitrogen and oxygen atoms in total. The maximum Gasteiger partial charge on any atom is 0.330 e. The zero-order chi connectivity index (χ0) is 14.3. The number of hydrogen-bond acceptors (Lipinski definition) is 3. The van der Waals surface area contributed by atoms with Gasteiger partial charge in [0.2, 0.25) is 0 Å². The Bertz CT molecular complexity index is 312. The molecule has 1 saturated carbocycles. The Morgan fingerprint density at radius 3 is 1.39 bits per heavy atom. The predicted molar refractivity (Wildman–Crippen MR) is 63.2 cm³/mol. The van der Waals surface area contributed by atoms with Gasteiger partial charge in [-0.1, -0.05) is 19.4 Å². The SMILES string of the molecule is C=C(C)C(=O)O.O=C(O)C1CCCCC1C(=O)O. The summed E-state index contributed by atoms with van der Waals surface area (Å²) in [5, 5.41) is 25.3. The highest BCUT2D eigenvalue weighted by Crippen LogP contribution is 2.30. The highest BCUT2D eigenvalue weighted by Gasteiger charge is 2.35. The summed E-state index contributed by atoms with van der Waals surface area (Å²) >= 11 is 0. The Morgan fingerprint density at radius 1 is 0.944 bits per heavy atom. The molecule has 1 aliphatic rings. The van der Waals surface area contributed by atoms with Crippen LogP contribution in [0.3, 0.4) is 0 Å². The molecule has 1 fully saturated rings. The fraction of sp³-hybridized carbons (Fsp3) is 0.583. The maximum absolute atomic E-state index is 10.6. The molecular weight excluding hydrogens is 240 g/mol. The van der Waals surface area contributed by atoms with E-state index in [1.54, 1.807) is 0 Å². The molecule has 0 saturated heterocycles. The van der Waals surface area contributed by atoms with E-state index in [1.807, 2.05) is 0 Å². The van der Waals surface area contributed by atoms with Gasteiger partial charge in [-0.05, 0) is 19.8 Å². The lowest BCUT2D eigenvalue weighted by Crippen LogP contribution is -2.32. The van der Waals surface area contributed by atoms with Gasteiger partial charge in [0.15, 0.2) is 0 Å². The standard InChI is InChI=1S/C8H12O4.C4H6O2/c9-7(10)5-3-1-2-4-6(5)8(11)12;1-3(2)4(5)6/h5-6H,1-4H2,(H,9,10)(H,11,12);1H2,2H3,(H,5,6). The summed E-state index contributed by atoms with van der Waals surface area (Å²) < 4.78 is 0. The summed E-state index contributed by atoms with van der Waals surface area (Å²) in [6.45, 7) is 4.60. The minimum absolute atomic E-state index is 0.176. The molecule has 0 aromatic carbocycles. The third-order valence-corrected chi connectivity index (χ3v) is 2.77. The van der Waals surface area contributed by atoms with Gasteiger partial charge in [0.1, 0.15) is 0 Å². The average molecular weight is 258 g/mol. The first-order chi connectivity index (χ1) is 8.27. The van der Waals surface area contributed by atoms with Crippen molar-refractivity contribution in [2.75, 3.05) is 0 Å². The van der Waals surface area contributed by atoms with Crippen molar-refractivity contribution in [2.24, 2.45) is 11.8 Å². The van der Waals surface area contributed by atoms with E-state index in [0.717, 1.165) is 12.8 Å². The number of rotatable bonds is 3. The van der Waals surface area contributed by atoms with Crippen molar-refractivity contribution in [1.29, 1.82) is 0 Å². The minimum Gasteiger partial charge on any atom is -0.481 e. The first-order valence-electron chi connectivity index (χ1n) is 5.61. The molecule has 0 aliphatic heterocycles. The van der Waals surface area contributed by atoms with E-state index in [4.69, 9.17) is 15.3 Å². The van der Waals surface area contributed by atoms with Crippen LogP contribution >= 0.6 is 0 Å². The van der Waals surface area contributed by atoms with Crippen molar-refractivity contribution in [3.05, 3.63) is 12.2 Å². The molecule has 0 aromatic heterocycles. The molecule has 102 valence electrons. The van der Waals surface area contributed by atoms with E-state index in [9.17, 15) is 14.4 Å². The van der Waals surface area contributed by atoms with Crippen molar-refractivity contribution in [3.63, 3.8) is 0 Å². The lowest BCUT2D eigenvalue weighted by Gasteiger charge is -2.24. The van der Waals surface area contributed by atoms with E-state index >= 15 is 0 Å². The third kappa shape index (κ3) is 5.47. The molecule has 6 heteroatoms. The van der Waals surface area contributed by atoms with Gasteiger partial charge in [0.05, 0.1) is 11.8 Å². The Kier molecular flexibility index (Phi) is 6.70. The Hall–Kier alpha value is -1.85. The van der Waals surface area contributed by atoms with Gasteiger partial charge >= 0.3 is 17.9 Å². The van der Waals surface area contributed by atoms with Gasteiger partial charge in [-0.3, -0.25) is 9.59 Å². The van der Waals surface area contributed by atoms with Gasteiger partial charge in [-0.15, -0.1) is 0 Å². The molecule has 0 bridgehead atoms. The van der Waals surface area contributed by atoms with Gasteiger partial charge < -0.3 is 15.3 Å². The average Bonchev–Trinajstić information content (AvgIpc) is 2.29. The molecule has 2 unspecified atom stereocenters. The summed E-state index contributed by atoms with van der Waals surface area (Å²) in [5.74, 6) is -4.22. The highest BCUT2D eigenvalue weighted by molar-refractivity contribution is 5.84.